The maximum absolute atomic E-state index is 12.0. The summed E-state index contributed by atoms with van der Waals surface area (Å²) >= 11 is 0. The lowest BCUT2D eigenvalue weighted by atomic mass is 10.1. The number of likely N-dealkylation sites (tertiary alicyclic amines) is 1. The lowest BCUT2D eigenvalue weighted by Crippen LogP contribution is -2.29. The van der Waals surface area contributed by atoms with Crippen molar-refractivity contribution in [2.45, 2.75) is 31.5 Å². The zero-order valence-electron chi connectivity index (χ0n) is 11.8. The molecule has 2 aromatic rings. The van der Waals surface area contributed by atoms with E-state index >= 15 is 0 Å². The lowest BCUT2D eigenvalue weighted by Gasteiger charge is -2.14. The summed E-state index contributed by atoms with van der Waals surface area (Å²) in [6.07, 6.45) is 2.44. The zero-order valence-corrected chi connectivity index (χ0v) is 11.8. The zero-order chi connectivity index (χ0) is 14.8. The summed E-state index contributed by atoms with van der Waals surface area (Å²) < 4.78 is 0. The van der Waals surface area contributed by atoms with E-state index in [9.17, 15) is 15.0 Å². The number of carbonyl (C=O) groups is 1. The van der Waals surface area contributed by atoms with Gasteiger partial charge in [0.2, 0.25) is 5.91 Å². The van der Waals surface area contributed by atoms with Crippen molar-refractivity contribution in [1.29, 1.82) is 0 Å². The van der Waals surface area contributed by atoms with E-state index in [1.165, 1.54) is 10.9 Å². The molecule has 5 heteroatoms. The summed E-state index contributed by atoms with van der Waals surface area (Å²) in [5, 5.41) is 20.1. The lowest BCUT2D eigenvalue weighted by molar-refractivity contribution is -0.130. The molecule has 2 atom stereocenters. The third-order valence-electron chi connectivity index (χ3n) is 4.12. The van der Waals surface area contributed by atoms with Crippen LogP contribution < -0.4 is 0 Å². The Bertz CT molecular complexity index is 627. The Morgan fingerprint density at radius 2 is 1.95 bits per heavy atom. The second-order valence-corrected chi connectivity index (χ2v) is 5.65. The van der Waals surface area contributed by atoms with Crippen LogP contribution in [0.1, 0.15) is 18.4 Å². The second-order valence-electron chi connectivity index (χ2n) is 5.65. The molecule has 3 rings (SSSR count). The molecule has 0 aliphatic carbocycles. The normalized spacial score (nSPS) is 22.1. The highest BCUT2D eigenvalue weighted by molar-refractivity contribution is 5.83. The molecule has 0 radical (unpaired) electrons. The van der Waals surface area contributed by atoms with E-state index in [1.807, 2.05) is 24.4 Å². The number of aryl methyl sites for hydroxylation is 1. The monoisotopic (exact) mass is 288 g/mol. The van der Waals surface area contributed by atoms with Gasteiger partial charge in [0, 0.05) is 36.6 Å². The number of benzene rings is 1. The van der Waals surface area contributed by atoms with Crippen LogP contribution in [0.25, 0.3) is 10.9 Å². The third kappa shape index (κ3) is 2.94. The van der Waals surface area contributed by atoms with E-state index in [1.54, 1.807) is 4.90 Å². The molecule has 1 fully saturated rings. The van der Waals surface area contributed by atoms with Gasteiger partial charge in [0.15, 0.2) is 0 Å². The molecule has 0 unspecified atom stereocenters. The van der Waals surface area contributed by atoms with Crippen LogP contribution in [-0.2, 0) is 11.2 Å². The van der Waals surface area contributed by atoms with Crippen LogP contribution in [0.15, 0.2) is 30.5 Å². The molecule has 1 amide bonds. The molecule has 2 heterocycles. The van der Waals surface area contributed by atoms with Crippen LogP contribution in [0.5, 0.6) is 0 Å². The molecule has 1 aromatic heterocycles. The maximum atomic E-state index is 12.0. The first-order chi connectivity index (χ1) is 10.1. The van der Waals surface area contributed by atoms with Gasteiger partial charge in [0.25, 0.3) is 0 Å². The molecule has 5 nitrogen and oxygen atoms in total. The van der Waals surface area contributed by atoms with Crippen LogP contribution in [0.4, 0.5) is 0 Å². The van der Waals surface area contributed by atoms with Crippen LogP contribution in [0.3, 0.4) is 0 Å². The summed E-state index contributed by atoms with van der Waals surface area (Å²) in [5.74, 6) is 0.00504. The molecule has 1 saturated heterocycles. The molecule has 0 saturated carbocycles. The van der Waals surface area contributed by atoms with Crippen LogP contribution in [0.2, 0.25) is 0 Å². The summed E-state index contributed by atoms with van der Waals surface area (Å²) in [6, 6.07) is 8.13. The summed E-state index contributed by atoms with van der Waals surface area (Å²) in [6.45, 7) is 0.486. The summed E-state index contributed by atoms with van der Waals surface area (Å²) in [5.41, 5.74) is 2.34. The number of β-amino-alcohol motifs (C(OH)–C–C–N with tert-alkyl or cyclic N) is 2. The number of aromatic nitrogens is 1. The number of aromatic amines is 1. The fraction of sp³-hybridized carbons (Fsp3) is 0.438. The SMILES string of the molecule is O=C(CCCc1c[nH]c2ccccc12)N1C[C@@H](O)[C@@H](O)C1. The van der Waals surface area contributed by atoms with Crippen molar-refractivity contribution >= 4 is 16.8 Å². The number of amides is 1. The smallest absolute Gasteiger partial charge is 0.222 e. The predicted octanol–water partition coefficient (Wildman–Crippen LogP) is 1.05. The molecule has 1 aliphatic heterocycles. The first-order valence-corrected chi connectivity index (χ1v) is 7.34. The Hall–Kier alpha value is -1.85. The number of carbonyl (C=O) groups excluding carboxylic acids is 1. The maximum Gasteiger partial charge on any atom is 0.222 e. The van der Waals surface area contributed by atoms with Gasteiger partial charge in [-0.05, 0) is 24.5 Å². The highest BCUT2D eigenvalue weighted by atomic mass is 16.3. The van der Waals surface area contributed by atoms with E-state index in [0.717, 1.165) is 18.4 Å². The highest BCUT2D eigenvalue weighted by Gasteiger charge is 2.31. The van der Waals surface area contributed by atoms with E-state index in [2.05, 4.69) is 11.1 Å². The molecule has 112 valence electrons. The number of nitrogens with zero attached hydrogens (tertiary/aromatic N) is 1. The number of aliphatic hydroxyl groups is 2. The quantitative estimate of drug-likeness (QED) is 0.787. The van der Waals surface area contributed by atoms with E-state index < -0.39 is 12.2 Å². The van der Waals surface area contributed by atoms with Crippen molar-refractivity contribution < 1.29 is 15.0 Å². The van der Waals surface area contributed by atoms with Gasteiger partial charge in [-0.1, -0.05) is 18.2 Å². The van der Waals surface area contributed by atoms with E-state index in [4.69, 9.17) is 0 Å². The third-order valence-corrected chi connectivity index (χ3v) is 4.12. The molecular formula is C16H20N2O3. The number of para-hydroxylation sites is 1. The van der Waals surface area contributed by atoms with Crippen molar-refractivity contribution in [1.82, 2.24) is 9.88 Å². The van der Waals surface area contributed by atoms with Crippen molar-refractivity contribution in [3.63, 3.8) is 0 Å². The Kier molecular flexibility index (Phi) is 3.94. The fourth-order valence-corrected chi connectivity index (χ4v) is 2.90. The van der Waals surface area contributed by atoms with E-state index in [0.29, 0.717) is 6.42 Å². The molecule has 3 N–H and O–H groups in total. The summed E-state index contributed by atoms with van der Waals surface area (Å²) in [7, 11) is 0. The van der Waals surface area contributed by atoms with Gasteiger partial charge in [-0.25, -0.2) is 0 Å². The van der Waals surface area contributed by atoms with Crippen LogP contribution in [0, 0.1) is 0 Å². The van der Waals surface area contributed by atoms with Gasteiger partial charge in [0.1, 0.15) is 0 Å². The van der Waals surface area contributed by atoms with Gasteiger partial charge < -0.3 is 20.1 Å². The van der Waals surface area contributed by atoms with Crippen molar-refractivity contribution in [2.24, 2.45) is 0 Å². The van der Waals surface area contributed by atoms with Crippen LogP contribution >= 0.6 is 0 Å². The minimum absolute atomic E-state index is 0.00504. The topological polar surface area (TPSA) is 76.6 Å². The van der Waals surface area contributed by atoms with Gasteiger partial charge in [-0.15, -0.1) is 0 Å². The second kappa shape index (κ2) is 5.87. The van der Waals surface area contributed by atoms with Gasteiger partial charge in [-0.3, -0.25) is 4.79 Å². The Morgan fingerprint density at radius 3 is 2.71 bits per heavy atom. The average Bonchev–Trinajstić information content (AvgIpc) is 3.04. The average molecular weight is 288 g/mol. The Balaban J connectivity index is 1.53. The molecule has 1 aromatic carbocycles. The van der Waals surface area contributed by atoms with Crippen molar-refractivity contribution in [3.05, 3.63) is 36.0 Å². The Morgan fingerprint density at radius 1 is 1.24 bits per heavy atom. The number of H-pyrrole nitrogens is 1. The standard InChI is InChI=1S/C16H20N2O3/c19-14-9-18(10-15(14)20)16(21)7-3-4-11-8-17-13-6-2-1-5-12(11)13/h1-2,5-6,8,14-15,17,19-20H,3-4,7,9-10H2/t14-,15+. The molecule has 21 heavy (non-hydrogen) atoms. The number of aliphatic hydroxyl groups excluding tert-OH is 2. The number of hydrogen-bond acceptors (Lipinski definition) is 3. The first kappa shape index (κ1) is 14.1. The van der Waals surface area contributed by atoms with Crippen molar-refractivity contribution in [2.75, 3.05) is 13.1 Å². The van der Waals surface area contributed by atoms with Gasteiger partial charge in [-0.2, -0.15) is 0 Å². The number of rotatable bonds is 4. The first-order valence-electron chi connectivity index (χ1n) is 7.34. The number of nitrogens with one attached hydrogen (secondary N) is 1. The van der Waals surface area contributed by atoms with E-state index in [-0.39, 0.29) is 19.0 Å². The number of fused-ring (bicyclic) bond motifs is 1. The fourth-order valence-electron chi connectivity index (χ4n) is 2.90. The molecule has 0 bridgehead atoms. The van der Waals surface area contributed by atoms with Gasteiger partial charge in [0.05, 0.1) is 12.2 Å². The largest absolute Gasteiger partial charge is 0.388 e. The van der Waals surface area contributed by atoms with Gasteiger partial charge >= 0.3 is 0 Å². The minimum Gasteiger partial charge on any atom is -0.388 e. The summed E-state index contributed by atoms with van der Waals surface area (Å²) in [4.78, 5) is 16.8. The number of hydrogen-bond donors (Lipinski definition) is 3. The molecule has 0 spiro atoms. The predicted molar refractivity (Wildman–Crippen MR) is 79.8 cm³/mol. The molecular weight excluding hydrogens is 268 g/mol. The van der Waals surface area contributed by atoms with Crippen molar-refractivity contribution in [3.8, 4) is 0 Å². The Labute approximate surface area is 123 Å². The minimum atomic E-state index is -0.803. The highest BCUT2D eigenvalue weighted by Crippen LogP contribution is 2.20. The van der Waals surface area contributed by atoms with Crippen LogP contribution in [-0.4, -0.2) is 51.3 Å². The molecule has 1 aliphatic rings.